The first kappa shape index (κ1) is 40.5. The van der Waals surface area contributed by atoms with Gasteiger partial charge in [-0.3, -0.25) is 14.9 Å². The molecule has 0 radical (unpaired) electrons. The molecule has 0 aliphatic heterocycles. The highest BCUT2D eigenvalue weighted by atomic mass is 35.5. The van der Waals surface area contributed by atoms with Gasteiger partial charge in [-0.15, -0.1) is 0 Å². The summed E-state index contributed by atoms with van der Waals surface area (Å²) in [5.74, 6) is -1.14. The molecule has 1 atom stereocenters. The van der Waals surface area contributed by atoms with Gasteiger partial charge < -0.3 is 29.8 Å². The Hall–Kier alpha value is -4.69. The van der Waals surface area contributed by atoms with Crippen molar-refractivity contribution in [3.05, 3.63) is 81.3 Å². The van der Waals surface area contributed by atoms with Gasteiger partial charge in [0.15, 0.2) is 34.7 Å². The van der Waals surface area contributed by atoms with Gasteiger partial charge in [-0.25, -0.2) is 9.79 Å². The smallest absolute Gasteiger partial charge is 0.490 e. The lowest BCUT2D eigenvalue weighted by atomic mass is 9.98. The normalized spacial score (nSPS) is 11.8. The summed E-state index contributed by atoms with van der Waals surface area (Å²) in [4.78, 5) is 39.4. The number of carbonyl (C=O) groups excluding carboxylic acids is 2. The van der Waals surface area contributed by atoms with Crippen molar-refractivity contribution in [3.8, 4) is 23.0 Å². The number of aliphatic carboxylic acids is 1. The molecule has 11 nitrogen and oxygen atoms in total. The summed E-state index contributed by atoms with van der Waals surface area (Å²) in [5, 5.41) is 10.6. The van der Waals surface area contributed by atoms with Gasteiger partial charge in [0.05, 0.1) is 34.9 Å². The maximum atomic E-state index is 13.4. The molecule has 0 aliphatic carbocycles. The van der Waals surface area contributed by atoms with E-state index in [4.69, 9.17) is 57.8 Å². The van der Waals surface area contributed by atoms with Crippen molar-refractivity contribution < 1.29 is 51.6 Å². The Morgan fingerprint density at radius 1 is 0.857 bits per heavy atom. The molecule has 0 saturated carbocycles. The minimum atomic E-state index is -5.08. The topological polar surface area (TPSA) is 159 Å². The number of amides is 1. The van der Waals surface area contributed by atoms with Crippen molar-refractivity contribution in [2.24, 2.45) is 10.7 Å². The predicted molar refractivity (Wildman–Crippen MR) is 178 cm³/mol. The maximum absolute atomic E-state index is 13.4. The number of carbonyl (C=O) groups is 3. The zero-order chi connectivity index (χ0) is 36.7. The number of methoxy groups -OCH3 is 4. The third kappa shape index (κ3) is 13.4. The summed E-state index contributed by atoms with van der Waals surface area (Å²) in [6, 6.07) is 15.0. The van der Waals surface area contributed by atoms with Crippen molar-refractivity contribution in [1.29, 1.82) is 0 Å². The number of hydrogen-bond acceptors (Lipinski definition) is 8. The van der Waals surface area contributed by atoms with Gasteiger partial charge in [0.1, 0.15) is 6.04 Å². The highest BCUT2D eigenvalue weighted by molar-refractivity contribution is 6.35. The fourth-order valence-electron chi connectivity index (χ4n) is 4.36. The van der Waals surface area contributed by atoms with E-state index in [2.05, 4.69) is 10.3 Å². The van der Waals surface area contributed by atoms with E-state index in [9.17, 15) is 22.8 Å². The summed E-state index contributed by atoms with van der Waals surface area (Å²) in [7, 11) is 6.21. The van der Waals surface area contributed by atoms with E-state index in [1.807, 2.05) is 18.2 Å². The average Bonchev–Trinajstić information content (AvgIpc) is 3.05. The number of halogens is 5. The molecule has 16 heteroatoms. The zero-order valence-electron chi connectivity index (χ0n) is 27.0. The van der Waals surface area contributed by atoms with Crippen LogP contribution in [0, 0.1) is 0 Å². The van der Waals surface area contributed by atoms with Crippen LogP contribution in [0.4, 0.5) is 13.2 Å². The van der Waals surface area contributed by atoms with Gasteiger partial charge in [-0.05, 0) is 65.9 Å². The zero-order valence-corrected chi connectivity index (χ0v) is 28.5. The van der Waals surface area contributed by atoms with Crippen LogP contribution in [0.5, 0.6) is 23.0 Å². The van der Waals surface area contributed by atoms with Gasteiger partial charge in [-0.2, -0.15) is 13.2 Å². The highest BCUT2D eigenvalue weighted by Gasteiger charge is 2.38. The van der Waals surface area contributed by atoms with Crippen molar-refractivity contribution in [1.82, 2.24) is 5.32 Å². The number of ketones is 1. The minimum Gasteiger partial charge on any atom is -0.493 e. The molecule has 0 unspecified atom stereocenters. The van der Waals surface area contributed by atoms with Crippen molar-refractivity contribution in [2.75, 3.05) is 28.4 Å². The van der Waals surface area contributed by atoms with Crippen LogP contribution < -0.4 is 30.0 Å². The summed E-state index contributed by atoms with van der Waals surface area (Å²) >= 11 is 12.4. The first-order valence-corrected chi connectivity index (χ1v) is 15.2. The van der Waals surface area contributed by atoms with E-state index in [1.165, 1.54) is 14.2 Å². The summed E-state index contributed by atoms with van der Waals surface area (Å²) in [6.07, 6.45) is -3.43. The van der Waals surface area contributed by atoms with E-state index in [-0.39, 0.29) is 31.0 Å². The van der Waals surface area contributed by atoms with Gasteiger partial charge in [0.2, 0.25) is 5.91 Å². The van der Waals surface area contributed by atoms with Gasteiger partial charge >= 0.3 is 12.1 Å². The number of nitrogens with two attached hydrogens (primary N) is 1. The monoisotopic (exact) mass is 729 g/mol. The Kier molecular flexibility index (Phi) is 16.0. The van der Waals surface area contributed by atoms with Gasteiger partial charge in [-0.1, -0.05) is 41.4 Å². The van der Waals surface area contributed by atoms with E-state index in [1.54, 1.807) is 50.6 Å². The van der Waals surface area contributed by atoms with Crippen LogP contribution in [0.25, 0.3) is 0 Å². The van der Waals surface area contributed by atoms with Crippen molar-refractivity contribution >= 4 is 46.8 Å². The van der Waals surface area contributed by atoms with Crippen LogP contribution in [0.1, 0.15) is 29.5 Å². The van der Waals surface area contributed by atoms with Gasteiger partial charge in [0.25, 0.3) is 0 Å². The first-order chi connectivity index (χ1) is 23.1. The largest absolute Gasteiger partial charge is 0.493 e. The van der Waals surface area contributed by atoms with Crippen LogP contribution in [0.15, 0.2) is 59.6 Å². The highest BCUT2D eigenvalue weighted by Crippen LogP contribution is 2.29. The molecule has 0 heterocycles. The number of aliphatic imine (C=N–C) groups is 1. The second-order valence-electron chi connectivity index (χ2n) is 10.2. The molecule has 0 saturated heterocycles. The fourth-order valence-corrected chi connectivity index (χ4v) is 4.85. The summed E-state index contributed by atoms with van der Waals surface area (Å²) in [6.45, 7) is 0. The number of alkyl halides is 3. The van der Waals surface area contributed by atoms with E-state index >= 15 is 0 Å². The number of nitrogens with one attached hydrogen (secondary N) is 1. The first-order valence-electron chi connectivity index (χ1n) is 14.4. The lowest BCUT2D eigenvalue weighted by molar-refractivity contribution is -0.192. The van der Waals surface area contributed by atoms with Crippen LogP contribution in [-0.4, -0.2) is 69.4 Å². The third-order valence-corrected chi connectivity index (χ3v) is 7.34. The quantitative estimate of drug-likeness (QED) is 0.137. The Balaban J connectivity index is 0.00000107. The second-order valence-corrected chi connectivity index (χ2v) is 11.0. The van der Waals surface area contributed by atoms with Crippen LogP contribution in [-0.2, 0) is 33.6 Å². The molecule has 0 aliphatic rings. The fraction of sp³-hybridized carbons (Fsp3) is 0.333. The molecule has 3 aromatic carbocycles. The molecule has 0 spiro atoms. The van der Waals surface area contributed by atoms with E-state index < -0.39 is 24.1 Å². The number of Topliss-reactive ketones (excluding diaryl/α,β-unsaturated/α-hetero) is 1. The Bertz CT molecular complexity index is 1640. The minimum absolute atomic E-state index is 0.0174. The molecule has 0 bridgehead atoms. The van der Waals surface area contributed by atoms with E-state index in [0.717, 1.165) is 5.56 Å². The molecular weight excluding hydrogens is 694 g/mol. The number of hydrogen-bond donors (Lipinski definition) is 3. The van der Waals surface area contributed by atoms with E-state index in [0.29, 0.717) is 57.0 Å². The number of rotatable bonds is 14. The number of carboxylic acids is 1. The SMILES string of the molecule is COc1ccc(CCCC(=O)[C@@H](Cc2ccc(Cl)cc2Cl)N=C(N)NC(=O)Cc2ccc(OC)c(OC)c2)cc1OC.O=C(O)C(F)(F)F. The molecular formula is C33H36Cl2F3N3O8. The molecule has 0 aromatic heterocycles. The number of ether oxygens (including phenoxy) is 4. The second kappa shape index (κ2) is 19.3. The van der Waals surface area contributed by atoms with Crippen LogP contribution >= 0.6 is 23.2 Å². The Labute approximate surface area is 291 Å². The molecule has 4 N–H and O–H groups in total. The summed E-state index contributed by atoms with van der Waals surface area (Å²) in [5.41, 5.74) is 8.48. The standard InChI is InChI=1S/C31H35Cl2N3O6.C2HF3O2/c1-39-26-12-8-19(14-28(26)41-3)6-5-7-25(37)24(17-21-10-11-22(32)18-23(21)33)35-31(34)36-30(38)16-20-9-13-27(40-2)29(15-20)42-4;3-2(4,5)1(6)7/h8-15,18,24H,5-7,16-17H2,1-4H3,(H3,34,35,36,38);(H,6,7)/t24-;/m1./s1. The number of benzene rings is 3. The predicted octanol–water partition coefficient (Wildman–Crippen LogP) is 5.84. The molecule has 266 valence electrons. The molecule has 3 aromatic rings. The lowest BCUT2D eigenvalue weighted by Crippen LogP contribution is -2.39. The van der Waals surface area contributed by atoms with Crippen molar-refractivity contribution in [2.45, 2.75) is 44.3 Å². The third-order valence-electron chi connectivity index (χ3n) is 6.75. The molecule has 49 heavy (non-hydrogen) atoms. The average molecular weight is 731 g/mol. The molecule has 0 fully saturated rings. The Morgan fingerprint density at radius 3 is 1.90 bits per heavy atom. The van der Waals surface area contributed by atoms with Gasteiger partial charge in [0, 0.05) is 22.9 Å². The Morgan fingerprint density at radius 2 is 1.39 bits per heavy atom. The van der Waals surface area contributed by atoms with Crippen LogP contribution in [0.3, 0.4) is 0 Å². The number of guanidine groups is 1. The van der Waals surface area contributed by atoms with Crippen LogP contribution in [0.2, 0.25) is 10.0 Å². The summed E-state index contributed by atoms with van der Waals surface area (Å²) < 4.78 is 52.9. The number of carboxylic acid groups (broad SMARTS) is 1. The van der Waals surface area contributed by atoms with Crippen molar-refractivity contribution in [3.63, 3.8) is 0 Å². The number of aryl methyl sites for hydroxylation is 1. The molecule has 3 rings (SSSR count). The lowest BCUT2D eigenvalue weighted by Gasteiger charge is -2.15. The number of nitrogens with zero attached hydrogens (tertiary/aromatic N) is 1. The molecule has 1 amide bonds. The maximum Gasteiger partial charge on any atom is 0.490 e.